The van der Waals surface area contributed by atoms with Crippen molar-refractivity contribution in [3.63, 3.8) is 0 Å². The average Bonchev–Trinajstić information content (AvgIpc) is 3.17. The summed E-state index contributed by atoms with van der Waals surface area (Å²) < 4.78 is 54.3. The number of pyridine rings is 1. The van der Waals surface area contributed by atoms with Crippen LogP contribution in [0.25, 0.3) is 21.5 Å². The zero-order chi connectivity index (χ0) is 21.0. The molecule has 2 heterocycles. The molecule has 1 aliphatic carbocycles. The van der Waals surface area contributed by atoms with Gasteiger partial charge >= 0.3 is 0 Å². The lowest BCUT2D eigenvalue weighted by Crippen LogP contribution is -2.34. The summed E-state index contributed by atoms with van der Waals surface area (Å²) in [4.78, 5) is 4.54. The number of alkyl halides is 2. The number of halogens is 2. The Labute approximate surface area is 171 Å². The van der Waals surface area contributed by atoms with Gasteiger partial charge in [0.05, 0.1) is 4.90 Å². The molecule has 0 radical (unpaired) electrons. The fraction of sp³-hybridized carbons (Fsp3) is 0.421. The first-order valence-electron chi connectivity index (χ1n) is 9.18. The van der Waals surface area contributed by atoms with Gasteiger partial charge < -0.3 is 0 Å². The molecule has 29 heavy (non-hydrogen) atoms. The van der Waals surface area contributed by atoms with Crippen LogP contribution in [-0.2, 0) is 10.0 Å². The predicted molar refractivity (Wildman–Crippen MR) is 108 cm³/mol. The van der Waals surface area contributed by atoms with E-state index < -0.39 is 27.0 Å². The lowest BCUT2D eigenvalue weighted by molar-refractivity contribution is 0.150. The van der Waals surface area contributed by atoms with E-state index in [4.69, 9.17) is 0 Å². The first kappa shape index (κ1) is 20.2. The van der Waals surface area contributed by atoms with Crippen LogP contribution in [0.2, 0.25) is 0 Å². The summed E-state index contributed by atoms with van der Waals surface area (Å²) in [5, 5.41) is 8.59. The molecular weight excluding hydrogens is 418 g/mol. The minimum absolute atomic E-state index is 0.112. The number of nitrogens with one attached hydrogen (secondary N) is 1. The number of aromatic nitrogens is 3. The first-order valence-corrected chi connectivity index (χ1v) is 11.5. The highest BCUT2D eigenvalue weighted by molar-refractivity contribution is 7.89. The maximum absolute atomic E-state index is 13.0. The lowest BCUT2D eigenvalue weighted by atomic mass is 9.97. The van der Waals surface area contributed by atoms with Crippen molar-refractivity contribution in [1.29, 1.82) is 0 Å². The van der Waals surface area contributed by atoms with Crippen molar-refractivity contribution in [2.24, 2.45) is 0 Å². The Balaban J connectivity index is 1.90. The monoisotopic (exact) mass is 438 g/mol. The smallest absolute Gasteiger partial charge is 0.253 e. The summed E-state index contributed by atoms with van der Waals surface area (Å²) >= 11 is 0.757. The molecule has 0 aliphatic heterocycles. The molecule has 1 saturated carbocycles. The molecule has 4 rings (SSSR count). The Kier molecular flexibility index (Phi) is 4.91. The topological polar surface area (TPSA) is 84.8 Å². The quantitative estimate of drug-likeness (QED) is 0.606. The van der Waals surface area contributed by atoms with Gasteiger partial charge in [-0.05, 0) is 48.8 Å². The van der Waals surface area contributed by atoms with E-state index in [0.29, 0.717) is 11.1 Å². The van der Waals surface area contributed by atoms with E-state index in [1.807, 2.05) is 20.8 Å². The van der Waals surface area contributed by atoms with Crippen molar-refractivity contribution >= 4 is 32.1 Å². The van der Waals surface area contributed by atoms with Crippen molar-refractivity contribution in [3.8, 4) is 10.7 Å². The Hall–Kier alpha value is -2.04. The molecule has 0 saturated heterocycles. The molecule has 0 amide bonds. The summed E-state index contributed by atoms with van der Waals surface area (Å²) in [6.07, 6.45) is 0.557. The third kappa shape index (κ3) is 3.88. The standard InChI is InChI=1S/C19H20F2N4O2S2/c1-10(2)14-9-22-15(17-23-24-18(28-17)16(20)21)13-8-11(4-5-12(13)14)29(26,27)25-19(3)6-7-19/h4-5,8-10,16,25H,6-7H2,1-3H3. The van der Waals surface area contributed by atoms with Gasteiger partial charge in [-0.1, -0.05) is 31.3 Å². The third-order valence-electron chi connectivity index (χ3n) is 5.03. The fourth-order valence-electron chi connectivity index (χ4n) is 3.13. The molecule has 2 aromatic heterocycles. The van der Waals surface area contributed by atoms with Gasteiger partial charge in [0.25, 0.3) is 6.43 Å². The first-order chi connectivity index (χ1) is 13.6. The molecule has 10 heteroatoms. The predicted octanol–water partition coefficient (Wildman–Crippen LogP) is 4.65. The second-order valence-corrected chi connectivity index (χ2v) is 10.5. The third-order valence-corrected chi connectivity index (χ3v) is 7.61. The largest absolute Gasteiger partial charge is 0.291 e. The lowest BCUT2D eigenvalue weighted by Gasteiger charge is -2.15. The Morgan fingerprint density at radius 3 is 2.48 bits per heavy atom. The molecule has 0 bridgehead atoms. The van der Waals surface area contributed by atoms with E-state index >= 15 is 0 Å². The summed E-state index contributed by atoms with van der Waals surface area (Å²) in [6.45, 7) is 5.88. The van der Waals surface area contributed by atoms with E-state index in [9.17, 15) is 17.2 Å². The van der Waals surface area contributed by atoms with Gasteiger partial charge in [0, 0.05) is 17.1 Å². The maximum atomic E-state index is 13.0. The van der Waals surface area contributed by atoms with Crippen LogP contribution in [0.1, 0.15) is 56.5 Å². The van der Waals surface area contributed by atoms with E-state index in [0.717, 1.165) is 35.1 Å². The van der Waals surface area contributed by atoms with Crippen LogP contribution < -0.4 is 4.72 Å². The van der Waals surface area contributed by atoms with Gasteiger partial charge in [0.15, 0.2) is 10.0 Å². The fourth-order valence-corrected chi connectivity index (χ4v) is 5.33. The van der Waals surface area contributed by atoms with Crippen molar-refractivity contribution in [2.45, 2.75) is 56.4 Å². The van der Waals surface area contributed by atoms with Gasteiger partial charge in [-0.2, -0.15) is 0 Å². The van der Waals surface area contributed by atoms with Crippen LogP contribution in [0.4, 0.5) is 8.78 Å². The molecule has 0 unspecified atom stereocenters. The number of nitrogens with zero attached hydrogens (tertiary/aromatic N) is 3. The van der Waals surface area contributed by atoms with Gasteiger partial charge in [0.2, 0.25) is 10.0 Å². The number of rotatable bonds is 6. The van der Waals surface area contributed by atoms with E-state index in [1.54, 1.807) is 24.4 Å². The number of hydrogen-bond donors (Lipinski definition) is 1. The summed E-state index contributed by atoms with van der Waals surface area (Å²) in [5.41, 5.74) is 0.886. The second-order valence-electron chi connectivity index (χ2n) is 7.84. The van der Waals surface area contributed by atoms with Crippen molar-refractivity contribution in [1.82, 2.24) is 19.9 Å². The molecule has 1 aromatic carbocycles. The average molecular weight is 439 g/mol. The Morgan fingerprint density at radius 1 is 1.17 bits per heavy atom. The zero-order valence-corrected chi connectivity index (χ0v) is 17.7. The maximum Gasteiger partial charge on any atom is 0.291 e. The minimum atomic E-state index is -3.72. The molecule has 1 N–H and O–H groups in total. The van der Waals surface area contributed by atoms with Crippen molar-refractivity contribution < 1.29 is 17.2 Å². The van der Waals surface area contributed by atoms with Crippen LogP contribution >= 0.6 is 11.3 Å². The van der Waals surface area contributed by atoms with Crippen LogP contribution in [-0.4, -0.2) is 29.1 Å². The molecule has 6 nitrogen and oxygen atoms in total. The SMILES string of the molecule is CC(C)c1cnc(-c2nnc(C(F)F)s2)c2cc(S(=O)(=O)NC3(C)CC3)ccc12. The molecular formula is C19H20F2N4O2S2. The molecule has 3 aromatic rings. The van der Waals surface area contributed by atoms with Crippen LogP contribution in [0.15, 0.2) is 29.3 Å². The van der Waals surface area contributed by atoms with Gasteiger partial charge in [0.1, 0.15) is 5.69 Å². The number of hydrogen-bond acceptors (Lipinski definition) is 6. The van der Waals surface area contributed by atoms with Crippen molar-refractivity contribution in [3.05, 3.63) is 35.0 Å². The van der Waals surface area contributed by atoms with E-state index in [-0.39, 0.29) is 15.8 Å². The van der Waals surface area contributed by atoms with Crippen LogP contribution in [0.5, 0.6) is 0 Å². The Bertz CT molecular complexity index is 1190. The van der Waals surface area contributed by atoms with Crippen LogP contribution in [0.3, 0.4) is 0 Å². The van der Waals surface area contributed by atoms with Gasteiger partial charge in [-0.25, -0.2) is 21.9 Å². The molecule has 0 atom stereocenters. The molecule has 154 valence electrons. The second kappa shape index (κ2) is 7.03. The molecule has 1 fully saturated rings. The summed E-state index contributed by atoms with van der Waals surface area (Å²) in [5.74, 6) is 0.149. The number of benzene rings is 1. The van der Waals surface area contributed by atoms with E-state index in [1.165, 1.54) is 0 Å². The normalized spacial score (nSPS) is 16.1. The zero-order valence-electron chi connectivity index (χ0n) is 16.1. The molecule has 1 aliphatic rings. The summed E-state index contributed by atoms with van der Waals surface area (Å²) in [7, 11) is -3.72. The minimum Gasteiger partial charge on any atom is -0.253 e. The van der Waals surface area contributed by atoms with E-state index in [2.05, 4.69) is 19.9 Å². The highest BCUT2D eigenvalue weighted by Gasteiger charge is 2.41. The van der Waals surface area contributed by atoms with Gasteiger partial charge in [-0.15, -0.1) is 10.2 Å². The molecule has 0 spiro atoms. The van der Waals surface area contributed by atoms with Crippen LogP contribution in [0, 0.1) is 0 Å². The highest BCUT2D eigenvalue weighted by atomic mass is 32.2. The number of fused-ring (bicyclic) bond motifs is 1. The summed E-state index contributed by atoms with van der Waals surface area (Å²) in [6, 6.07) is 4.85. The highest BCUT2D eigenvalue weighted by Crippen LogP contribution is 2.38. The Morgan fingerprint density at radius 2 is 1.90 bits per heavy atom. The van der Waals surface area contributed by atoms with Crippen molar-refractivity contribution in [2.75, 3.05) is 0 Å². The number of sulfonamides is 1. The van der Waals surface area contributed by atoms with Gasteiger partial charge in [-0.3, -0.25) is 4.98 Å².